The van der Waals surface area contributed by atoms with Gasteiger partial charge in [0.15, 0.2) is 0 Å². The number of hydrogen-bond donors (Lipinski definition) is 1. The van der Waals surface area contributed by atoms with E-state index in [1.807, 2.05) is 7.05 Å². The Labute approximate surface area is 103 Å². The zero-order chi connectivity index (χ0) is 12.4. The minimum absolute atomic E-state index is 0.325. The fourth-order valence-corrected chi connectivity index (χ4v) is 2.30. The van der Waals surface area contributed by atoms with Crippen LogP contribution in [-0.2, 0) is 0 Å². The van der Waals surface area contributed by atoms with Gasteiger partial charge in [-0.1, -0.05) is 25.5 Å². The van der Waals surface area contributed by atoms with E-state index in [1.165, 1.54) is 16.5 Å². The SMILES string of the molecule is CCCC(NC)c1cc2c(C)ccc(C)c2o1. The molecule has 0 aliphatic rings. The van der Waals surface area contributed by atoms with E-state index in [0.717, 1.165) is 24.2 Å². The monoisotopic (exact) mass is 231 g/mol. The van der Waals surface area contributed by atoms with E-state index in [-0.39, 0.29) is 0 Å². The summed E-state index contributed by atoms with van der Waals surface area (Å²) in [5, 5.41) is 4.57. The van der Waals surface area contributed by atoms with Crippen molar-refractivity contribution < 1.29 is 4.42 Å². The normalized spacial score (nSPS) is 13.2. The molecule has 0 saturated carbocycles. The molecule has 0 amide bonds. The lowest BCUT2D eigenvalue weighted by molar-refractivity contribution is 0.429. The molecule has 0 radical (unpaired) electrons. The second kappa shape index (κ2) is 4.92. The van der Waals surface area contributed by atoms with Crippen LogP contribution in [0, 0.1) is 13.8 Å². The second-order valence-electron chi connectivity index (χ2n) is 4.72. The van der Waals surface area contributed by atoms with Crippen LogP contribution in [0.4, 0.5) is 0 Å². The van der Waals surface area contributed by atoms with Gasteiger partial charge in [-0.3, -0.25) is 0 Å². The molecular weight excluding hydrogens is 210 g/mol. The Balaban J connectivity index is 2.50. The molecule has 1 atom stereocenters. The molecule has 92 valence electrons. The standard InChI is InChI=1S/C15H21NO/c1-5-6-13(16-4)14-9-12-10(2)7-8-11(3)15(12)17-14/h7-9,13,16H,5-6H2,1-4H3. The summed E-state index contributed by atoms with van der Waals surface area (Å²) in [5.41, 5.74) is 3.53. The van der Waals surface area contributed by atoms with Crippen LogP contribution in [0.15, 0.2) is 22.6 Å². The number of rotatable bonds is 4. The highest BCUT2D eigenvalue weighted by molar-refractivity contribution is 5.84. The lowest BCUT2D eigenvalue weighted by atomic mass is 10.1. The molecule has 2 aromatic rings. The predicted molar refractivity (Wildman–Crippen MR) is 72.4 cm³/mol. The molecule has 2 heteroatoms. The third-order valence-corrected chi connectivity index (χ3v) is 3.39. The van der Waals surface area contributed by atoms with Crippen molar-refractivity contribution in [1.29, 1.82) is 0 Å². The number of benzene rings is 1. The molecule has 0 spiro atoms. The van der Waals surface area contributed by atoms with Gasteiger partial charge in [-0.05, 0) is 44.5 Å². The summed E-state index contributed by atoms with van der Waals surface area (Å²) in [4.78, 5) is 0. The van der Waals surface area contributed by atoms with Gasteiger partial charge >= 0.3 is 0 Å². The Morgan fingerprint density at radius 2 is 1.94 bits per heavy atom. The maximum absolute atomic E-state index is 6.02. The third-order valence-electron chi connectivity index (χ3n) is 3.39. The zero-order valence-electron chi connectivity index (χ0n) is 11.1. The molecule has 2 nitrogen and oxygen atoms in total. The Bertz CT molecular complexity index is 474. The van der Waals surface area contributed by atoms with Crippen LogP contribution >= 0.6 is 0 Å². The van der Waals surface area contributed by atoms with Crippen molar-refractivity contribution in [3.63, 3.8) is 0 Å². The molecule has 1 unspecified atom stereocenters. The van der Waals surface area contributed by atoms with Crippen molar-refractivity contribution in [1.82, 2.24) is 5.32 Å². The van der Waals surface area contributed by atoms with E-state index in [2.05, 4.69) is 44.3 Å². The number of hydrogen-bond acceptors (Lipinski definition) is 2. The van der Waals surface area contributed by atoms with Gasteiger partial charge in [0.25, 0.3) is 0 Å². The van der Waals surface area contributed by atoms with Crippen molar-refractivity contribution in [3.8, 4) is 0 Å². The van der Waals surface area contributed by atoms with Crippen molar-refractivity contribution in [3.05, 3.63) is 35.1 Å². The van der Waals surface area contributed by atoms with Crippen molar-refractivity contribution in [2.75, 3.05) is 7.05 Å². The zero-order valence-corrected chi connectivity index (χ0v) is 11.1. The fraction of sp³-hybridized carbons (Fsp3) is 0.467. The Kier molecular flexibility index (Phi) is 3.53. The molecule has 2 rings (SSSR count). The highest BCUT2D eigenvalue weighted by Crippen LogP contribution is 2.30. The van der Waals surface area contributed by atoms with Gasteiger partial charge in [0, 0.05) is 5.39 Å². The highest BCUT2D eigenvalue weighted by Gasteiger charge is 2.15. The molecular formula is C15H21NO. The lowest BCUT2D eigenvalue weighted by Gasteiger charge is -2.11. The van der Waals surface area contributed by atoms with Gasteiger partial charge in [-0.15, -0.1) is 0 Å². The van der Waals surface area contributed by atoms with Gasteiger partial charge in [-0.25, -0.2) is 0 Å². The quantitative estimate of drug-likeness (QED) is 0.856. The van der Waals surface area contributed by atoms with Crippen molar-refractivity contribution in [2.45, 2.75) is 39.7 Å². The number of furan rings is 1. The van der Waals surface area contributed by atoms with Gasteiger partial charge in [0.05, 0.1) is 6.04 Å². The molecule has 0 saturated heterocycles. The number of fused-ring (bicyclic) bond motifs is 1. The van der Waals surface area contributed by atoms with Crippen LogP contribution in [0.1, 0.15) is 42.7 Å². The van der Waals surface area contributed by atoms with E-state index in [4.69, 9.17) is 4.42 Å². The first-order valence-electron chi connectivity index (χ1n) is 6.34. The lowest BCUT2D eigenvalue weighted by Crippen LogP contribution is -2.15. The molecule has 0 bridgehead atoms. The van der Waals surface area contributed by atoms with E-state index in [0.29, 0.717) is 6.04 Å². The minimum atomic E-state index is 0.325. The van der Waals surface area contributed by atoms with Gasteiger partial charge in [0.2, 0.25) is 0 Å². The molecule has 1 N–H and O–H groups in total. The van der Waals surface area contributed by atoms with Gasteiger partial charge in [0.1, 0.15) is 11.3 Å². The predicted octanol–water partition coefficient (Wildman–Crippen LogP) is 4.11. The van der Waals surface area contributed by atoms with E-state index >= 15 is 0 Å². The van der Waals surface area contributed by atoms with Crippen LogP contribution in [0.3, 0.4) is 0 Å². The maximum Gasteiger partial charge on any atom is 0.137 e. The average molecular weight is 231 g/mol. The molecule has 1 heterocycles. The summed E-state index contributed by atoms with van der Waals surface area (Å²) >= 11 is 0. The second-order valence-corrected chi connectivity index (χ2v) is 4.72. The van der Waals surface area contributed by atoms with E-state index < -0.39 is 0 Å². The van der Waals surface area contributed by atoms with E-state index in [1.54, 1.807) is 0 Å². The van der Waals surface area contributed by atoms with Crippen LogP contribution in [0.25, 0.3) is 11.0 Å². The topological polar surface area (TPSA) is 25.2 Å². The molecule has 1 aromatic heterocycles. The maximum atomic E-state index is 6.02. The molecule has 0 aliphatic heterocycles. The first-order chi connectivity index (χ1) is 8.17. The van der Waals surface area contributed by atoms with Crippen LogP contribution in [-0.4, -0.2) is 7.05 Å². The van der Waals surface area contributed by atoms with Gasteiger partial charge in [-0.2, -0.15) is 0 Å². The van der Waals surface area contributed by atoms with Crippen LogP contribution in [0.5, 0.6) is 0 Å². The minimum Gasteiger partial charge on any atom is -0.459 e. The Morgan fingerprint density at radius 3 is 2.53 bits per heavy atom. The Morgan fingerprint density at radius 1 is 1.24 bits per heavy atom. The summed E-state index contributed by atoms with van der Waals surface area (Å²) < 4.78 is 6.02. The van der Waals surface area contributed by atoms with Crippen molar-refractivity contribution in [2.24, 2.45) is 0 Å². The van der Waals surface area contributed by atoms with Crippen molar-refractivity contribution >= 4 is 11.0 Å². The first kappa shape index (κ1) is 12.2. The molecule has 1 aromatic carbocycles. The molecule has 17 heavy (non-hydrogen) atoms. The van der Waals surface area contributed by atoms with Gasteiger partial charge < -0.3 is 9.73 Å². The highest BCUT2D eigenvalue weighted by atomic mass is 16.3. The first-order valence-corrected chi connectivity index (χ1v) is 6.34. The van der Waals surface area contributed by atoms with Crippen LogP contribution in [0.2, 0.25) is 0 Å². The summed E-state index contributed by atoms with van der Waals surface area (Å²) in [6, 6.07) is 6.80. The average Bonchev–Trinajstić information content (AvgIpc) is 2.77. The summed E-state index contributed by atoms with van der Waals surface area (Å²) in [7, 11) is 1.99. The number of nitrogens with one attached hydrogen (secondary N) is 1. The molecule has 0 fully saturated rings. The number of aryl methyl sites for hydroxylation is 2. The third kappa shape index (κ3) is 2.22. The largest absolute Gasteiger partial charge is 0.459 e. The summed E-state index contributed by atoms with van der Waals surface area (Å²) in [6.45, 7) is 6.43. The summed E-state index contributed by atoms with van der Waals surface area (Å²) in [5.74, 6) is 1.06. The van der Waals surface area contributed by atoms with E-state index in [9.17, 15) is 0 Å². The Hall–Kier alpha value is -1.28. The fourth-order valence-electron chi connectivity index (χ4n) is 2.30. The van der Waals surface area contributed by atoms with Crippen LogP contribution < -0.4 is 5.32 Å². The molecule has 0 aliphatic carbocycles. The smallest absolute Gasteiger partial charge is 0.137 e. The summed E-state index contributed by atoms with van der Waals surface area (Å²) in [6.07, 6.45) is 2.26.